The second-order valence-electron chi connectivity index (χ2n) is 6.51. The van der Waals surface area contributed by atoms with Crippen molar-refractivity contribution < 1.29 is 5.11 Å². The number of aromatic nitrogens is 2. The number of aryl methyl sites for hydroxylation is 1. The smallest absolute Gasteiger partial charge is 0.162 e. The first kappa shape index (κ1) is 18.4. The molecular formula is C21H30N2O. The Balaban J connectivity index is 1.65. The Hall–Kier alpha value is -1.90. The number of para-hydroxylation sites is 1. The van der Waals surface area contributed by atoms with Crippen LogP contribution in [-0.4, -0.2) is 15.1 Å². The largest absolute Gasteiger partial charge is 0.507 e. The Labute approximate surface area is 146 Å². The molecule has 0 aliphatic carbocycles. The van der Waals surface area contributed by atoms with Gasteiger partial charge in [-0.25, -0.2) is 9.97 Å². The highest BCUT2D eigenvalue weighted by Crippen LogP contribution is 2.25. The van der Waals surface area contributed by atoms with Gasteiger partial charge in [-0.3, -0.25) is 0 Å². The topological polar surface area (TPSA) is 46.0 Å². The van der Waals surface area contributed by atoms with Gasteiger partial charge < -0.3 is 5.11 Å². The van der Waals surface area contributed by atoms with Crippen LogP contribution in [0.1, 0.15) is 70.3 Å². The van der Waals surface area contributed by atoms with Crippen molar-refractivity contribution in [2.75, 3.05) is 0 Å². The molecule has 2 rings (SSSR count). The summed E-state index contributed by atoms with van der Waals surface area (Å²) in [5, 5.41) is 9.85. The number of benzene rings is 1. The highest BCUT2D eigenvalue weighted by Gasteiger charge is 2.06. The van der Waals surface area contributed by atoms with E-state index in [4.69, 9.17) is 0 Å². The van der Waals surface area contributed by atoms with Crippen molar-refractivity contribution >= 4 is 0 Å². The molecular weight excluding hydrogens is 296 g/mol. The summed E-state index contributed by atoms with van der Waals surface area (Å²) in [6.07, 6.45) is 16.9. The van der Waals surface area contributed by atoms with Gasteiger partial charge in [-0.15, -0.1) is 0 Å². The van der Waals surface area contributed by atoms with Crippen molar-refractivity contribution in [3.05, 3.63) is 42.2 Å². The molecule has 0 aliphatic heterocycles. The summed E-state index contributed by atoms with van der Waals surface area (Å²) in [7, 11) is 0. The van der Waals surface area contributed by atoms with E-state index in [0.29, 0.717) is 11.4 Å². The highest BCUT2D eigenvalue weighted by molar-refractivity contribution is 5.62. The lowest BCUT2D eigenvalue weighted by molar-refractivity contribution is 0.477. The average molecular weight is 326 g/mol. The van der Waals surface area contributed by atoms with E-state index in [1.54, 1.807) is 12.1 Å². The Kier molecular flexibility index (Phi) is 8.29. The molecule has 0 amide bonds. The molecule has 2 aromatic rings. The molecule has 3 heteroatoms. The molecule has 0 spiro atoms. The van der Waals surface area contributed by atoms with E-state index in [0.717, 1.165) is 6.42 Å². The van der Waals surface area contributed by atoms with Crippen molar-refractivity contribution in [2.24, 2.45) is 0 Å². The van der Waals surface area contributed by atoms with Crippen LogP contribution in [0.25, 0.3) is 11.4 Å². The van der Waals surface area contributed by atoms with Crippen molar-refractivity contribution in [1.82, 2.24) is 9.97 Å². The van der Waals surface area contributed by atoms with Gasteiger partial charge in [-0.2, -0.15) is 0 Å². The summed E-state index contributed by atoms with van der Waals surface area (Å²) in [5.41, 5.74) is 1.87. The number of rotatable bonds is 11. The molecule has 24 heavy (non-hydrogen) atoms. The molecule has 130 valence electrons. The maximum absolute atomic E-state index is 9.85. The normalized spacial score (nSPS) is 10.9. The quantitative estimate of drug-likeness (QED) is 0.521. The number of hydrogen-bond acceptors (Lipinski definition) is 3. The van der Waals surface area contributed by atoms with E-state index in [2.05, 4.69) is 16.9 Å². The first-order valence-electron chi connectivity index (χ1n) is 9.40. The SMILES string of the molecule is CCCCCCCCCCCc1cnc(-c2ccccc2O)nc1. The van der Waals surface area contributed by atoms with Gasteiger partial charge in [0.25, 0.3) is 0 Å². The number of phenols is 1. The molecule has 0 unspecified atom stereocenters. The zero-order valence-electron chi connectivity index (χ0n) is 14.9. The Morgan fingerprint density at radius 1 is 0.792 bits per heavy atom. The van der Waals surface area contributed by atoms with Gasteiger partial charge in [0.15, 0.2) is 5.82 Å². The van der Waals surface area contributed by atoms with Gasteiger partial charge in [0.05, 0.1) is 5.56 Å². The molecule has 0 atom stereocenters. The molecule has 0 radical (unpaired) electrons. The fourth-order valence-electron chi connectivity index (χ4n) is 2.93. The predicted octanol–water partition coefficient (Wildman–Crippen LogP) is 5.92. The van der Waals surface area contributed by atoms with Gasteiger partial charge >= 0.3 is 0 Å². The summed E-state index contributed by atoms with van der Waals surface area (Å²) >= 11 is 0. The fourth-order valence-corrected chi connectivity index (χ4v) is 2.93. The molecule has 0 bridgehead atoms. The molecule has 1 aromatic heterocycles. The standard InChI is InChI=1S/C21H30N2O/c1-2-3-4-5-6-7-8-9-10-13-18-16-22-21(23-17-18)19-14-11-12-15-20(19)24/h11-12,14-17,24H,2-10,13H2,1H3. The first-order chi connectivity index (χ1) is 11.8. The summed E-state index contributed by atoms with van der Waals surface area (Å²) in [6, 6.07) is 7.19. The summed E-state index contributed by atoms with van der Waals surface area (Å²) < 4.78 is 0. The fraction of sp³-hybridized carbons (Fsp3) is 0.524. The van der Waals surface area contributed by atoms with E-state index in [1.807, 2.05) is 24.5 Å². The Morgan fingerprint density at radius 2 is 1.38 bits per heavy atom. The molecule has 0 fully saturated rings. The molecule has 1 aromatic carbocycles. The van der Waals surface area contributed by atoms with Gasteiger partial charge in [0.2, 0.25) is 0 Å². The predicted molar refractivity (Wildman–Crippen MR) is 100 cm³/mol. The number of unbranched alkanes of at least 4 members (excludes halogenated alkanes) is 8. The third-order valence-corrected chi connectivity index (χ3v) is 4.42. The van der Waals surface area contributed by atoms with Crippen LogP contribution in [0.2, 0.25) is 0 Å². The number of hydrogen-bond donors (Lipinski definition) is 1. The third-order valence-electron chi connectivity index (χ3n) is 4.42. The lowest BCUT2D eigenvalue weighted by Crippen LogP contribution is -1.93. The minimum Gasteiger partial charge on any atom is -0.507 e. The zero-order valence-corrected chi connectivity index (χ0v) is 14.9. The highest BCUT2D eigenvalue weighted by atomic mass is 16.3. The molecule has 3 nitrogen and oxygen atoms in total. The molecule has 1 N–H and O–H groups in total. The van der Waals surface area contributed by atoms with Crippen molar-refractivity contribution in [2.45, 2.75) is 71.1 Å². The first-order valence-corrected chi connectivity index (χ1v) is 9.40. The minimum absolute atomic E-state index is 0.226. The van der Waals surface area contributed by atoms with Crippen LogP contribution in [-0.2, 0) is 6.42 Å². The second-order valence-corrected chi connectivity index (χ2v) is 6.51. The Morgan fingerprint density at radius 3 is 2.00 bits per heavy atom. The van der Waals surface area contributed by atoms with Crippen LogP contribution >= 0.6 is 0 Å². The van der Waals surface area contributed by atoms with Gasteiger partial charge in [-0.1, -0.05) is 70.4 Å². The zero-order chi connectivity index (χ0) is 17.0. The lowest BCUT2D eigenvalue weighted by Gasteiger charge is -2.05. The molecule has 1 heterocycles. The number of phenolic OH excluding ortho intramolecular Hbond substituents is 1. The molecule has 0 saturated heterocycles. The van der Waals surface area contributed by atoms with E-state index in [9.17, 15) is 5.11 Å². The van der Waals surface area contributed by atoms with Gasteiger partial charge in [0.1, 0.15) is 5.75 Å². The maximum atomic E-state index is 9.85. The van der Waals surface area contributed by atoms with Crippen LogP contribution in [0.3, 0.4) is 0 Å². The Bertz CT molecular complexity index is 581. The second kappa shape index (κ2) is 10.8. The summed E-state index contributed by atoms with van der Waals surface area (Å²) in [6.45, 7) is 2.26. The minimum atomic E-state index is 0.226. The average Bonchev–Trinajstić information content (AvgIpc) is 2.61. The maximum Gasteiger partial charge on any atom is 0.162 e. The van der Waals surface area contributed by atoms with Gasteiger partial charge in [-0.05, 0) is 30.5 Å². The van der Waals surface area contributed by atoms with E-state index < -0.39 is 0 Å². The van der Waals surface area contributed by atoms with Crippen LogP contribution in [0, 0.1) is 0 Å². The van der Waals surface area contributed by atoms with Crippen LogP contribution in [0.15, 0.2) is 36.7 Å². The van der Waals surface area contributed by atoms with E-state index >= 15 is 0 Å². The van der Waals surface area contributed by atoms with Crippen molar-refractivity contribution in [1.29, 1.82) is 0 Å². The number of nitrogens with zero attached hydrogens (tertiary/aromatic N) is 2. The van der Waals surface area contributed by atoms with Crippen LogP contribution in [0.4, 0.5) is 0 Å². The van der Waals surface area contributed by atoms with Gasteiger partial charge in [0, 0.05) is 12.4 Å². The number of aromatic hydroxyl groups is 1. The molecule has 0 aliphatic rings. The summed E-state index contributed by atoms with van der Waals surface area (Å²) in [4.78, 5) is 8.79. The molecule has 0 saturated carbocycles. The van der Waals surface area contributed by atoms with E-state index in [1.165, 1.54) is 63.4 Å². The summed E-state index contributed by atoms with van der Waals surface area (Å²) in [5.74, 6) is 0.813. The third kappa shape index (κ3) is 6.31. The van der Waals surface area contributed by atoms with Crippen LogP contribution < -0.4 is 0 Å². The monoisotopic (exact) mass is 326 g/mol. The van der Waals surface area contributed by atoms with Crippen molar-refractivity contribution in [3.8, 4) is 17.1 Å². The van der Waals surface area contributed by atoms with E-state index in [-0.39, 0.29) is 5.75 Å². The lowest BCUT2D eigenvalue weighted by atomic mass is 10.1. The van der Waals surface area contributed by atoms with Crippen LogP contribution in [0.5, 0.6) is 5.75 Å². The van der Waals surface area contributed by atoms with Crippen molar-refractivity contribution in [3.63, 3.8) is 0 Å².